The van der Waals surface area contributed by atoms with Gasteiger partial charge >= 0.3 is 0 Å². The molecule has 3 heteroatoms. The quantitative estimate of drug-likeness (QED) is 0.866. The standard InChI is InChI=1S/C17H20N2O/c1-3-13-7-9-16(10-8-13)19(2)17(20)12-14-5-4-6-15(18)11-14/h4-11H,3,12,18H2,1-2H3. The average Bonchev–Trinajstić information content (AvgIpc) is 2.46. The summed E-state index contributed by atoms with van der Waals surface area (Å²) in [6.07, 6.45) is 1.36. The molecule has 2 N–H and O–H groups in total. The van der Waals surface area contributed by atoms with Gasteiger partial charge in [0.2, 0.25) is 5.91 Å². The van der Waals surface area contributed by atoms with E-state index in [4.69, 9.17) is 5.73 Å². The van der Waals surface area contributed by atoms with E-state index in [1.165, 1.54) is 5.56 Å². The SMILES string of the molecule is CCc1ccc(N(C)C(=O)Cc2cccc(N)c2)cc1. The predicted octanol–water partition coefficient (Wildman–Crippen LogP) is 3.04. The van der Waals surface area contributed by atoms with Crippen LogP contribution in [0.25, 0.3) is 0 Å². The van der Waals surface area contributed by atoms with Crippen molar-refractivity contribution in [2.75, 3.05) is 17.7 Å². The summed E-state index contributed by atoms with van der Waals surface area (Å²) < 4.78 is 0. The van der Waals surface area contributed by atoms with Crippen LogP contribution in [0.5, 0.6) is 0 Å². The van der Waals surface area contributed by atoms with Gasteiger partial charge in [-0.3, -0.25) is 4.79 Å². The van der Waals surface area contributed by atoms with Gasteiger partial charge in [-0.25, -0.2) is 0 Å². The fourth-order valence-electron chi connectivity index (χ4n) is 2.10. The minimum Gasteiger partial charge on any atom is -0.399 e. The molecule has 1 amide bonds. The van der Waals surface area contributed by atoms with Gasteiger partial charge in [-0.1, -0.05) is 31.2 Å². The molecule has 2 aromatic carbocycles. The Morgan fingerprint density at radius 1 is 1.10 bits per heavy atom. The number of carbonyl (C=O) groups excluding carboxylic acids is 1. The molecule has 0 aliphatic heterocycles. The number of amides is 1. The summed E-state index contributed by atoms with van der Waals surface area (Å²) in [6, 6.07) is 15.5. The maximum Gasteiger partial charge on any atom is 0.231 e. The Balaban J connectivity index is 2.07. The summed E-state index contributed by atoms with van der Waals surface area (Å²) in [5.74, 6) is 0.0554. The lowest BCUT2D eigenvalue weighted by Gasteiger charge is -2.18. The lowest BCUT2D eigenvalue weighted by molar-refractivity contribution is -0.117. The van der Waals surface area contributed by atoms with Gasteiger partial charge in [-0.2, -0.15) is 0 Å². The fourth-order valence-corrected chi connectivity index (χ4v) is 2.10. The topological polar surface area (TPSA) is 46.3 Å². The smallest absolute Gasteiger partial charge is 0.231 e. The number of hydrogen-bond donors (Lipinski definition) is 1. The second-order valence-corrected chi connectivity index (χ2v) is 4.89. The molecule has 0 atom stereocenters. The van der Waals surface area contributed by atoms with Crippen LogP contribution in [0.1, 0.15) is 18.1 Å². The maximum absolute atomic E-state index is 12.3. The summed E-state index contributed by atoms with van der Waals surface area (Å²) >= 11 is 0. The van der Waals surface area contributed by atoms with Crippen LogP contribution in [0.2, 0.25) is 0 Å². The summed E-state index contributed by atoms with van der Waals surface area (Å²) in [7, 11) is 1.80. The molecule has 0 saturated carbocycles. The first kappa shape index (κ1) is 14.1. The zero-order chi connectivity index (χ0) is 14.5. The van der Waals surface area contributed by atoms with Crippen LogP contribution in [0, 0.1) is 0 Å². The number of nitrogen functional groups attached to an aromatic ring is 1. The molecule has 0 aliphatic rings. The second kappa shape index (κ2) is 6.24. The van der Waals surface area contributed by atoms with E-state index in [9.17, 15) is 4.79 Å². The third-order valence-corrected chi connectivity index (χ3v) is 3.41. The number of nitrogens with two attached hydrogens (primary N) is 1. The molecule has 0 spiro atoms. The highest BCUT2D eigenvalue weighted by molar-refractivity contribution is 5.94. The Bertz CT molecular complexity index is 590. The van der Waals surface area contributed by atoms with Crippen molar-refractivity contribution >= 4 is 17.3 Å². The van der Waals surface area contributed by atoms with Crippen molar-refractivity contribution in [2.45, 2.75) is 19.8 Å². The minimum absolute atomic E-state index is 0.0554. The van der Waals surface area contributed by atoms with Gasteiger partial charge < -0.3 is 10.6 Å². The van der Waals surface area contributed by atoms with E-state index in [1.807, 2.05) is 36.4 Å². The Morgan fingerprint density at radius 2 is 1.80 bits per heavy atom. The molecule has 0 aromatic heterocycles. The van der Waals surface area contributed by atoms with E-state index >= 15 is 0 Å². The van der Waals surface area contributed by atoms with Crippen LogP contribution in [0.3, 0.4) is 0 Å². The summed E-state index contributed by atoms with van der Waals surface area (Å²) in [5.41, 5.74) is 9.53. The van der Waals surface area contributed by atoms with Crippen molar-refractivity contribution in [1.82, 2.24) is 0 Å². The number of anilines is 2. The molecule has 0 radical (unpaired) electrons. The molecule has 0 aliphatic carbocycles. The monoisotopic (exact) mass is 268 g/mol. The Hall–Kier alpha value is -2.29. The summed E-state index contributed by atoms with van der Waals surface area (Å²) in [6.45, 7) is 2.11. The van der Waals surface area contributed by atoms with Crippen molar-refractivity contribution in [3.05, 3.63) is 59.7 Å². The molecule has 0 bridgehead atoms. The van der Waals surface area contributed by atoms with Crippen LogP contribution in [0.15, 0.2) is 48.5 Å². The molecule has 20 heavy (non-hydrogen) atoms. The van der Waals surface area contributed by atoms with Crippen molar-refractivity contribution in [2.24, 2.45) is 0 Å². The first-order valence-corrected chi connectivity index (χ1v) is 6.80. The van der Waals surface area contributed by atoms with Gasteiger partial charge in [0.05, 0.1) is 6.42 Å². The molecule has 2 rings (SSSR count). The fraction of sp³-hybridized carbons (Fsp3) is 0.235. The highest BCUT2D eigenvalue weighted by Crippen LogP contribution is 2.16. The second-order valence-electron chi connectivity index (χ2n) is 4.89. The maximum atomic E-state index is 12.3. The van der Waals surface area contributed by atoms with Crippen LogP contribution in [-0.4, -0.2) is 13.0 Å². The van der Waals surface area contributed by atoms with E-state index in [-0.39, 0.29) is 5.91 Å². The summed E-state index contributed by atoms with van der Waals surface area (Å²) in [5, 5.41) is 0. The van der Waals surface area contributed by atoms with Gasteiger partial charge in [0.1, 0.15) is 0 Å². The lowest BCUT2D eigenvalue weighted by atomic mass is 10.1. The summed E-state index contributed by atoms with van der Waals surface area (Å²) in [4.78, 5) is 13.9. The first-order valence-electron chi connectivity index (χ1n) is 6.80. The first-order chi connectivity index (χ1) is 9.60. The number of likely N-dealkylation sites (N-methyl/N-ethyl adjacent to an activating group) is 1. The van der Waals surface area contributed by atoms with Crippen molar-refractivity contribution in [1.29, 1.82) is 0 Å². The normalized spacial score (nSPS) is 10.3. The molecule has 2 aromatic rings. The third kappa shape index (κ3) is 3.38. The average molecular weight is 268 g/mol. The molecular weight excluding hydrogens is 248 g/mol. The van der Waals surface area contributed by atoms with Gasteiger partial charge in [-0.15, -0.1) is 0 Å². The largest absolute Gasteiger partial charge is 0.399 e. The zero-order valence-corrected chi connectivity index (χ0v) is 12.0. The number of hydrogen-bond acceptors (Lipinski definition) is 2. The number of benzene rings is 2. The van der Waals surface area contributed by atoms with E-state index in [2.05, 4.69) is 19.1 Å². The van der Waals surface area contributed by atoms with E-state index in [0.29, 0.717) is 12.1 Å². The van der Waals surface area contributed by atoms with Gasteiger partial charge in [-0.05, 0) is 41.8 Å². The molecular formula is C17H20N2O. The molecule has 0 heterocycles. The highest BCUT2D eigenvalue weighted by Gasteiger charge is 2.11. The third-order valence-electron chi connectivity index (χ3n) is 3.41. The molecule has 3 nitrogen and oxygen atoms in total. The van der Waals surface area contributed by atoms with E-state index in [0.717, 1.165) is 17.7 Å². The number of aryl methyl sites for hydroxylation is 1. The lowest BCUT2D eigenvalue weighted by Crippen LogP contribution is -2.27. The Kier molecular flexibility index (Phi) is 4.41. The molecule has 0 saturated heterocycles. The molecule has 0 unspecified atom stereocenters. The van der Waals surface area contributed by atoms with Crippen molar-refractivity contribution in [3.8, 4) is 0 Å². The van der Waals surface area contributed by atoms with Gasteiger partial charge in [0.15, 0.2) is 0 Å². The van der Waals surface area contributed by atoms with Crippen LogP contribution in [0.4, 0.5) is 11.4 Å². The van der Waals surface area contributed by atoms with Crippen molar-refractivity contribution in [3.63, 3.8) is 0 Å². The van der Waals surface area contributed by atoms with Crippen molar-refractivity contribution < 1.29 is 4.79 Å². The van der Waals surface area contributed by atoms with Gasteiger partial charge in [0, 0.05) is 18.4 Å². The van der Waals surface area contributed by atoms with E-state index in [1.54, 1.807) is 11.9 Å². The van der Waals surface area contributed by atoms with Crippen LogP contribution >= 0.6 is 0 Å². The zero-order valence-electron chi connectivity index (χ0n) is 12.0. The van der Waals surface area contributed by atoms with Crippen LogP contribution < -0.4 is 10.6 Å². The van der Waals surface area contributed by atoms with E-state index < -0.39 is 0 Å². The highest BCUT2D eigenvalue weighted by atomic mass is 16.2. The molecule has 104 valence electrons. The minimum atomic E-state index is 0.0554. The number of rotatable bonds is 4. The Morgan fingerprint density at radius 3 is 2.40 bits per heavy atom. The molecule has 0 fully saturated rings. The van der Waals surface area contributed by atoms with Crippen LogP contribution in [-0.2, 0) is 17.6 Å². The number of nitrogens with zero attached hydrogens (tertiary/aromatic N) is 1. The number of carbonyl (C=O) groups is 1. The van der Waals surface area contributed by atoms with Gasteiger partial charge in [0.25, 0.3) is 0 Å². The Labute approximate surface area is 120 Å². The predicted molar refractivity (Wildman–Crippen MR) is 83.8 cm³/mol.